The van der Waals surface area contributed by atoms with E-state index in [0.29, 0.717) is 21.3 Å². The number of aromatic nitrogens is 1. The largest absolute Gasteiger partial charge is 0.454 e. The number of thiazole rings is 1. The summed E-state index contributed by atoms with van der Waals surface area (Å²) in [6.07, 6.45) is 3.20. The summed E-state index contributed by atoms with van der Waals surface area (Å²) in [5, 5.41) is 3.26. The number of amides is 3. The van der Waals surface area contributed by atoms with Crippen molar-refractivity contribution in [2.75, 3.05) is 19.9 Å². The van der Waals surface area contributed by atoms with Crippen LogP contribution in [0, 0.1) is 0 Å². The first-order valence-corrected chi connectivity index (χ1v) is 11.3. The number of thioether (sulfide) groups is 1. The SMILES string of the molecule is CC(C)(C)c1ncc(C(=O)NCCN2C(=O)S/C(=C/c3ccc4c(c3)OCO4)C2=O)s1. The lowest BCUT2D eigenvalue weighted by Crippen LogP contribution is -2.37. The van der Waals surface area contributed by atoms with E-state index in [1.165, 1.54) is 11.3 Å². The maximum atomic E-state index is 12.7. The van der Waals surface area contributed by atoms with Crippen LogP contribution in [0.3, 0.4) is 0 Å². The lowest BCUT2D eigenvalue weighted by molar-refractivity contribution is -0.122. The first-order chi connectivity index (χ1) is 14.7. The summed E-state index contributed by atoms with van der Waals surface area (Å²) in [6.45, 7) is 6.52. The molecule has 0 unspecified atom stereocenters. The summed E-state index contributed by atoms with van der Waals surface area (Å²) in [5.74, 6) is 0.607. The van der Waals surface area contributed by atoms with Crippen molar-refractivity contribution >= 4 is 46.2 Å². The summed E-state index contributed by atoms with van der Waals surface area (Å²) in [4.78, 5) is 43.6. The maximum Gasteiger partial charge on any atom is 0.293 e. The third-order valence-corrected chi connectivity index (χ3v) is 6.89. The van der Waals surface area contributed by atoms with Gasteiger partial charge in [0.25, 0.3) is 17.1 Å². The molecule has 1 N–H and O–H groups in total. The number of ether oxygens (including phenoxy) is 2. The minimum Gasteiger partial charge on any atom is -0.454 e. The molecular weight excluding hydrogens is 438 g/mol. The van der Waals surface area contributed by atoms with Gasteiger partial charge in [-0.3, -0.25) is 19.3 Å². The number of rotatable bonds is 5. The molecule has 2 aliphatic heterocycles. The Morgan fingerprint density at radius 3 is 2.77 bits per heavy atom. The average Bonchev–Trinajstić information content (AvgIpc) is 3.43. The molecule has 0 aliphatic carbocycles. The Balaban J connectivity index is 1.35. The molecule has 3 heterocycles. The Labute approximate surface area is 187 Å². The van der Waals surface area contributed by atoms with Gasteiger partial charge in [-0.15, -0.1) is 11.3 Å². The number of nitrogens with one attached hydrogen (secondary N) is 1. The van der Waals surface area contributed by atoms with E-state index < -0.39 is 0 Å². The highest BCUT2D eigenvalue weighted by molar-refractivity contribution is 8.18. The number of fused-ring (bicyclic) bond motifs is 1. The van der Waals surface area contributed by atoms with Gasteiger partial charge in [0.1, 0.15) is 4.88 Å². The van der Waals surface area contributed by atoms with Crippen LogP contribution in [0.1, 0.15) is 41.0 Å². The van der Waals surface area contributed by atoms with Crippen LogP contribution in [-0.2, 0) is 10.2 Å². The lowest BCUT2D eigenvalue weighted by Gasteiger charge is -2.13. The Morgan fingerprint density at radius 2 is 2.03 bits per heavy atom. The highest BCUT2D eigenvalue weighted by atomic mass is 32.2. The number of hydrogen-bond donors (Lipinski definition) is 1. The Bertz CT molecular complexity index is 1090. The fourth-order valence-corrected chi connectivity index (χ4v) is 4.70. The van der Waals surface area contributed by atoms with E-state index in [9.17, 15) is 14.4 Å². The second-order valence-electron chi connectivity index (χ2n) is 7.98. The van der Waals surface area contributed by atoms with Crippen LogP contribution >= 0.6 is 23.1 Å². The maximum absolute atomic E-state index is 12.7. The summed E-state index contributed by atoms with van der Waals surface area (Å²) in [6, 6.07) is 5.32. The predicted octanol–water partition coefficient (Wildman–Crippen LogP) is 3.64. The molecule has 1 aromatic carbocycles. The van der Waals surface area contributed by atoms with Crippen LogP contribution in [-0.4, -0.2) is 46.8 Å². The topological polar surface area (TPSA) is 97.8 Å². The van der Waals surface area contributed by atoms with Crippen molar-refractivity contribution in [1.29, 1.82) is 0 Å². The fraction of sp³-hybridized carbons (Fsp3) is 0.333. The molecule has 2 aromatic rings. The van der Waals surface area contributed by atoms with Crippen molar-refractivity contribution < 1.29 is 23.9 Å². The third-order valence-electron chi connectivity index (χ3n) is 4.56. The molecule has 0 saturated carbocycles. The molecular formula is C21H21N3O5S2. The highest BCUT2D eigenvalue weighted by Crippen LogP contribution is 2.36. The monoisotopic (exact) mass is 459 g/mol. The van der Waals surface area contributed by atoms with Crippen LogP contribution in [0.4, 0.5) is 4.79 Å². The van der Waals surface area contributed by atoms with Crippen molar-refractivity contribution in [3.05, 3.63) is 44.7 Å². The Kier molecular flexibility index (Phi) is 5.76. The fourth-order valence-electron chi connectivity index (χ4n) is 2.94. The number of nitrogens with zero attached hydrogens (tertiary/aromatic N) is 2. The van der Waals surface area contributed by atoms with E-state index in [4.69, 9.17) is 9.47 Å². The van der Waals surface area contributed by atoms with Gasteiger partial charge in [0, 0.05) is 18.5 Å². The number of hydrogen-bond acceptors (Lipinski definition) is 8. The molecule has 1 saturated heterocycles. The molecule has 0 radical (unpaired) electrons. The first kappa shape index (κ1) is 21.4. The molecule has 162 valence electrons. The van der Waals surface area contributed by atoms with E-state index >= 15 is 0 Å². The molecule has 1 fully saturated rings. The molecule has 0 spiro atoms. The van der Waals surface area contributed by atoms with Crippen molar-refractivity contribution in [2.24, 2.45) is 0 Å². The molecule has 4 rings (SSSR count). The molecule has 2 aliphatic rings. The Hall–Kier alpha value is -2.85. The standard InChI is InChI=1S/C21H21N3O5S2/c1-21(2,3)19-23-10-16(30-19)17(25)22-6-7-24-18(26)15(31-20(24)27)9-12-4-5-13-14(8-12)29-11-28-13/h4-5,8-10H,6-7,11H2,1-3H3,(H,22,25)/b15-9+. The van der Waals surface area contributed by atoms with Crippen molar-refractivity contribution in [3.63, 3.8) is 0 Å². The van der Waals surface area contributed by atoms with Gasteiger partial charge in [-0.1, -0.05) is 26.8 Å². The van der Waals surface area contributed by atoms with E-state index in [1.54, 1.807) is 30.5 Å². The summed E-state index contributed by atoms with van der Waals surface area (Å²) in [7, 11) is 0. The molecule has 31 heavy (non-hydrogen) atoms. The lowest BCUT2D eigenvalue weighted by atomic mass is 9.98. The van der Waals surface area contributed by atoms with Gasteiger partial charge in [-0.05, 0) is 35.5 Å². The molecule has 0 atom stereocenters. The molecule has 8 nitrogen and oxygen atoms in total. The minimum atomic E-state index is -0.380. The molecule has 3 amide bonds. The van der Waals surface area contributed by atoms with E-state index in [-0.39, 0.29) is 42.4 Å². The average molecular weight is 460 g/mol. The van der Waals surface area contributed by atoms with Crippen LogP contribution in [0.5, 0.6) is 11.5 Å². The summed E-state index contributed by atoms with van der Waals surface area (Å²) < 4.78 is 10.6. The zero-order chi connectivity index (χ0) is 22.2. The van der Waals surface area contributed by atoms with Gasteiger partial charge in [-0.25, -0.2) is 4.98 Å². The number of carbonyl (C=O) groups is 3. The predicted molar refractivity (Wildman–Crippen MR) is 118 cm³/mol. The van der Waals surface area contributed by atoms with Gasteiger partial charge in [0.2, 0.25) is 6.79 Å². The van der Waals surface area contributed by atoms with E-state index in [1.807, 2.05) is 20.8 Å². The summed E-state index contributed by atoms with van der Waals surface area (Å²) in [5.41, 5.74) is 0.609. The van der Waals surface area contributed by atoms with Crippen molar-refractivity contribution in [2.45, 2.75) is 26.2 Å². The van der Waals surface area contributed by atoms with E-state index in [2.05, 4.69) is 10.3 Å². The Morgan fingerprint density at radius 1 is 1.26 bits per heavy atom. The van der Waals surface area contributed by atoms with Crippen LogP contribution in [0.15, 0.2) is 29.3 Å². The van der Waals surface area contributed by atoms with Gasteiger partial charge in [0.05, 0.1) is 16.1 Å². The first-order valence-electron chi connectivity index (χ1n) is 9.62. The van der Waals surface area contributed by atoms with Crippen LogP contribution in [0.25, 0.3) is 6.08 Å². The third kappa shape index (κ3) is 4.59. The molecule has 1 aromatic heterocycles. The van der Waals surface area contributed by atoms with Crippen molar-refractivity contribution in [3.8, 4) is 11.5 Å². The molecule has 0 bridgehead atoms. The van der Waals surface area contributed by atoms with Crippen LogP contribution in [0.2, 0.25) is 0 Å². The van der Waals surface area contributed by atoms with Gasteiger partial charge in [-0.2, -0.15) is 0 Å². The number of imide groups is 1. The van der Waals surface area contributed by atoms with Gasteiger partial charge in [0.15, 0.2) is 11.5 Å². The second kappa shape index (κ2) is 8.35. The zero-order valence-electron chi connectivity index (χ0n) is 17.3. The van der Waals surface area contributed by atoms with E-state index in [0.717, 1.165) is 27.2 Å². The molecule has 10 heteroatoms. The smallest absolute Gasteiger partial charge is 0.293 e. The second-order valence-corrected chi connectivity index (χ2v) is 10.0. The van der Waals surface area contributed by atoms with Crippen LogP contribution < -0.4 is 14.8 Å². The number of carbonyl (C=O) groups excluding carboxylic acids is 3. The number of benzene rings is 1. The minimum absolute atomic E-state index is 0.0970. The highest BCUT2D eigenvalue weighted by Gasteiger charge is 2.34. The zero-order valence-corrected chi connectivity index (χ0v) is 18.9. The van der Waals surface area contributed by atoms with Gasteiger partial charge >= 0.3 is 0 Å². The summed E-state index contributed by atoms with van der Waals surface area (Å²) >= 11 is 2.22. The van der Waals surface area contributed by atoms with Crippen molar-refractivity contribution in [1.82, 2.24) is 15.2 Å². The quantitative estimate of drug-likeness (QED) is 0.682. The van der Waals surface area contributed by atoms with Gasteiger partial charge < -0.3 is 14.8 Å². The normalized spacial score (nSPS) is 17.0.